The van der Waals surface area contributed by atoms with Crippen LogP contribution < -0.4 is 39.6 Å². The van der Waals surface area contributed by atoms with E-state index in [-0.39, 0.29) is 24.6 Å². The SMILES string of the molecule is [NH4+].[NH4+].[NH4+].[NH4+].[O]=[Mo](=[O])([O-])[O-].[O]=[Mo](=[O])([O-])[O-]. The summed E-state index contributed by atoms with van der Waals surface area (Å²) < 4.78 is 69.0. The molecule has 96 valence electrons. The third-order valence-corrected chi connectivity index (χ3v) is 0. The monoisotopic (exact) mass is 396 g/mol. The van der Waals surface area contributed by atoms with Crippen molar-refractivity contribution in [3.05, 3.63) is 0 Å². The van der Waals surface area contributed by atoms with E-state index in [4.69, 9.17) is 28.6 Å². The molecule has 12 nitrogen and oxygen atoms in total. The van der Waals surface area contributed by atoms with E-state index in [1.807, 2.05) is 0 Å². The maximum atomic E-state index is 8.63. The molecule has 0 atom stereocenters. The standard InChI is InChI=1S/2Mo.4H3N.8O/h;;4*1H3;;;;;;;;/q;;;;;;;;;;4*-1/p+4. The second kappa shape index (κ2) is 13.3. The summed E-state index contributed by atoms with van der Waals surface area (Å²) in [4.78, 5) is 0. The molecule has 0 radical (unpaired) electrons. The first-order chi connectivity index (χ1) is 4.00. The third kappa shape index (κ3) is 23600. The van der Waals surface area contributed by atoms with E-state index in [1.54, 1.807) is 0 Å². The molecule has 14 heavy (non-hydrogen) atoms. The van der Waals surface area contributed by atoms with E-state index in [0.29, 0.717) is 0 Å². The topological polar surface area (TPSA) is 307 Å². The van der Waals surface area contributed by atoms with Crippen LogP contribution in [0.3, 0.4) is 0 Å². The van der Waals surface area contributed by atoms with Gasteiger partial charge in [0.25, 0.3) is 0 Å². The van der Waals surface area contributed by atoms with E-state index in [2.05, 4.69) is 0 Å². The van der Waals surface area contributed by atoms with Crippen molar-refractivity contribution in [1.29, 1.82) is 0 Å². The van der Waals surface area contributed by atoms with Crippen molar-refractivity contribution in [2.75, 3.05) is 0 Å². The Kier molecular flexibility index (Phi) is 34.8. The van der Waals surface area contributed by atoms with Gasteiger partial charge in [-0.1, -0.05) is 0 Å². The Morgan fingerprint density at radius 3 is 0.500 bits per heavy atom. The predicted molar refractivity (Wildman–Crippen MR) is 26.7 cm³/mol. The van der Waals surface area contributed by atoms with Crippen LogP contribution in [0.15, 0.2) is 0 Å². The summed E-state index contributed by atoms with van der Waals surface area (Å²) in [7, 11) is 0. The molecule has 0 fully saturated rings. The van der Waals surface area contributed by atoms with Crippen LogP contribution >= 0.6 is 0 Å². The first-order valence-corrected chi connectivity index (χ1v) is 7.89. The summed E-state index contributed by atoms with van der Waals surface area (Å²) in [5, 5.41) is 0. The minimum atomic E-state index is -6.02. The van der Waals surface area contributed by atoms with Gasteiger partial charge in [-0.25, -0.2) is 0 Å². The predicted octanol–water partition coefficient (Wildman–Crippen LogP) is -3.73. The van der Waals surface area contributed by atoms with Crippen molar-refractivity contribution < 1.29 is 62.1 Å². The van der Waals surface area contributed by atoms with Gasteiger partial charge in [0.1, 0.15) is 0 Å². The Hall–Kier alpha value is 0.257. The average molecular weight is 392 g/mol. The zero-order valence-corrected chi connectivity index (χ0v) is 12.1. The van der Waals surface area contributed by atoms with Crippen molar-refractivity contribution >= 4 is 0 Å². The van der Waals surface area contributed by atoms with Crippen LogP contribution in [0.4, 0.5) is 0 Å². The molecule has 0 aliphatic heterocycles. The number of quaternary nitrogens is 4. The van der Waals surface area contributed by atoms with Gasteiger partial charge < -0.3 is 24.6 Å². The van der Waals surface area contributed by atoms with E-state index in [0.717, 1.165) is 0 Å². The fraction of sp³-hybridized carbons (Fsp3) is 0. The number of hydrogen-bond donors (Lipinski definition) is 4. The van der Waals surface area contributed by atoms with Gasteiger partial charge in [0.05, 0.1) is 0 Å². The van der Waals surface area contributed by atoms with Crippen LogP contribution in [0.1, 0.15) is 0 Å². The first-order valence-electron chi connectivity index (χ1n) is 1.33. The Labute approximate surface area is 86.7 Å². The van der Waals surface area contributed by atoms with Crippen LogP contribution in [-0.2, 0) is 47.1 Å². The van der Waals surface area contributed by atoms with E-state index in [1.165, 1.54) is 0 Å². The summed E-state index contributed by atoms with van der Waals surface area (Å²) in [5.41, 5.74) is 0. The molecule has 14 heteroatoms. The van der Waals surface area contributed by atoms with Crippen LogP contribution in [0.25, 0.3) is 0 Å². The van der Waals surface area contributed by atoms with Gasteiger partial charge in [-0.15, -0.1) is 0 Å². The van der Waals surface area contributed by atoms with Crippen LogP contribution in [0.5, 0.6) is 0 Å². The van der Waals surface area contributed by atoms with Crippen LogP contribution in [0.2, 0.25) is 0 Å². The molecule has 16 N–H and O–H groups in total. The van der Waals surface area contributed by atoms with E-state index >= 15 is 0 Å². The van der Waals surface area contributed by atoms with Crippen LogP contribution in [0, 0.1) is 0 Å². The molecule has 0 aromatic rings. The quantitative estimate of drug-likeness (QED) is 0.296. The molecular weight excluding hydrogens is 376 g/mol. The Morgan fingerprint density at radius 2 is 0.500 bits per heavy atom. The van der Waals surface area contributed by atoms with Gasteiger partial charge in [-0.05, 0) is 0 Å². The minimum absolute atomic E-state index is 0. The Bertz CT molecular complexity index is 216. The van der Waals surface area contributed by atoms with Crippen molar-refractivity contribution in [2.45, 2.75) is 0 Å². The second-order valence-electron chi connectivity index (χ2n) is 0.816. The molecule has 0 saturated carbocycles. The maximum absolute atomic E-state index is 8.63. The molecule has 0 aromatic heterocycles. The van der Waals surface area contributed by atoms with Gasteiger partial charge in [0.2, 0.25) is 0 Å². The van der Waals surface area contributed by atoms with Crippen molar-refractivity contribution in [1.82, 2.24) is 24.6 Å². The van der Waals surface area contributed by atoms with Crippen LogP contribution in [-0.4, -0.2) is 0 Å². The molecule has 0 bridgehead atoms. The number of rotatable bonds is 0. The second-order valence-corrected chi connectivity index (χ2v) is 4.83. The van der Waals surface area contributed by atoms with Crippen molar-refractivity contribution in [3.8, 4) is 0 Å². The normalized spacial score (nSPS) is 8.29. The Balaban J connectivity index is -0.0000000178. The molecule has 0 aliphatic rings. The van der Waals surface area contributed by atoms with Gasteiger partial charge in [0, 0.05) is 0 Å². The summed E-state index contributed by atoms with van der Waals surface area (Å²) in [6.07, 6.45) is 0. The summed E-state index contributed by atoms with van der Waals surface area (Å²) in [6, 6.07) is 0. The van der Waals surface area contributed by atoms with E-state index in [9.17, 15) is 0 Å². The van der Waals surface area contributed by atoms with Gasteiger partial charge in [-0.2, -0.15) is 0 Å². The number of hydrogen-bond acceptors (Lipinski definition) is 8. The fourth-order valence-corrected chi connectivity index (χ4v) is 0. The fourth-order valence-electron chi connectivity index (χ4n) is 0. The van der Waals surface area contributed by atoms with Crippen molar-refractivity contribution in [2.24, 2.45) is 0 Å². The summed E-state index contributed by atoms with van der Waals surface area (Å²) in [6.45, 7) is 0. The molecule has 0 spiro atoms. The summed E-state index contributed by atoms with van der Waals surface area (Å²) in [5.74, 6) is 0. The van der Waals surface area contributed by atoms with Gasteiger partial charge >= 0.3 is 62.1 Å². The molecule has 0 aliphatic carbocycles. The molecule has 0 heterocycles. The first kappa shape index (κ1) is 36.8. The molecule has 0 saturated heterocycles. The van der Waals surface area contributed by atoms with Gasteiger partial charge in [0.15, 0.2) is 0 Å². The zero-order chi connectivity index (χ0) is 9.00. The Morgan fingerprint density at radius 1 is 0.500 bits per heavy atom. The molecule has 0 amide bonds. The zero-order valence-electron chi connectivity index (χ0n) is 8.08. The summed E-state index contributed by atoms with van der Waals surface area (Å²) >= 11 is -12.0. The average Bonchev–Trinajstić information content (AvgIpc) is 1.12. The van der Waals surface area contributed by atoms with E-state index < -0.39 is 33.5 Å². The molecule has 0 aromatic carbocycles. The third-order valence-electron chi connectivity index (χ3n) is 0. The molecule has 0 unspecified atom stereocenters. The van der Waals surface area contributed by atoms with Gasteiger partial charge in [-0.3, -0.25) is 0 Å². The molecule has 0 rings (SSSR count). The van der Waals surface area contributed by atoms with Crippen molar-refractivity contribution in [3.63, 3.8) is 0 Å². The molecular formula is H16Mo2N4O8.